The van der Waals surface area contributed by atoms with E-state index in [9.17, 15) is 8.78 Å². The molecule has 7 heteroatoms. The van der Waals surface area contributed by atoms with E-state index in [2.05, 4.69) is 59.5 Å². The molecule has 1 atom stereocenters. The van der Waals surface area contributed by atoms with Crippen LogP contribution in [0.5, 0.6) is 0 Å². The third kappa shape index (κ3) is 3.93. The van der Waals surface area contributed by atoms with Gasteiger partial charge >= 0.3 is 0 Å². The first kappa shape index (κ1) is 20.4. The van der Waals surface area contributed by atoms with Crippen LogP contribution in [-0.4, -0.2) is 34.2 Å². The molecule has 0 bridgehead atoms. The summed E-state index contributed by atoms with van der Waals surface area (Å²) < 4.78 is 27.1. The molecule has 1 saturated heterocycles. The molecule has 0 amide bonds. The van der Waals surface area contributed by atoms with Crippen LogP contribution in [0.25, 0.3) is 10.8 Å². The molecule has 158 valence electrons. The molecule has 0 unspecified atom stereocenters. The number of anilines is 2. The summed E-state index contributed by atoms with van der Waals surface area (Å²) in [6.45, 7) is 8.82. The molecule has 4 rings (SSSR count). The average molecular weight is 412 g/mol. The van der Waals surface area contributed by atoms with Gasteiger partial charge in [-0.15, -0.1) is 5.10 Å². The third-order valence-corrected chi connectivity index (χ3v) is 6.12. The van der Waals surface area contributed by atoms with E-state index in [1.54, 1.807) is 6.20 Å². The van der Waals surface area contributed by atoms with E-state index < -0.39 is 5.92 Å². The Morgan fingerprint density at radius 2 is 1.80 bits per heavy atom. The number of pyridine rings is 1. The smallest absolute Gasteiger partial charge is 0.251 e. The van der Waals surface area contributed by atoms with Gasteiger partial charge in [-0.1, -0.05) is 18.2 Å². The first-order valence-electron chi connectivity index (χ1n) is 10.3. The van der Waals surface area contributed by atoms with Crippen LogP contribution in [0, 0.1) is 20.8 Å². The molecule has 5 nitrogen and oxygen atoms in total. The minimum atomic E-state index is -2.58. The van der Waals surface area contributed by atoms with Gasteiger partial charge in [-0.25, -0.2) is 13.8 Å². The molecule has 1 aromatic carbocycles. The molecular weight excluding hydrogens is 384 g/mol. The highest BCUT2D eigenvalue weighted by Crippen LogP contribution is 2.33. The molecule has 0 radical (unpaired) electrons. The predicted octanol–water partition coefficient (Wildman–Crippen LogP) is 5.36. The molecule has 3 heterocycles. The van der Waals surface area contributed by atoms with Crippen molar-refractivity contribution in [3.05, 3.63) is 52.8 Å². The van der Waals surface area contributed by atoms with Crippen LogP contribution in [0.3, 0.4) is 0 Å². The predicted molar refractivity (Wildman–Crippen MR) is 116 cm³/mol. The number of aromatic nitrogens is 3. The maximum atomic E-state index is 13.6. The van der Waals surface area contributed by atoms with Crippen LogP contribution in [0.1, 0.15) is 48.2 Å². The van der Waals surface area contributed by atoms with Crippen LogP contribution in [0.15, 0.2) is 30.5 Å². The largest absolute Gasteiger partial charge is 0.362 e. The zero-order valence-corrected chi connectivity index (χ0v) is 17.8. The van der Waals surface area contributed by atoms with Gasteiger partial charge in [-0.05, 0) is 50.5 Å². The van der Waals surface area contributed by atoms with Gasteiger partial charge in [0.1, 0.15) is 5.82 Å². The zero-order chi connectivity index (χ0) is 21.5. The lowest BCUT2D eigenvalue weighted by Crippen LogP contribution is -2.39. The lowest BCUT2D eigenvalue weighted by molar-refractivity contribution is -0.0221. The first-order chi connectivity index (χ1) is 14.2. The van der Waals surface area contributed by atoms with Gasteiger partial charge in [0.25, 0.3) is 5.92 Å². The molecule has 0 saturated carbocycles. The highest BCUT2D eigenvalue weighted by molar-refractivity contribution is 5.94. The Morgan fingerprint density at radius 3 is 2.53 bits per heavy atom. The molecule has 1 aliphatic heterocycles. The fraction of sp³-hybridized carbons (Fsp3) is 0.435. The number of alkyl halides is 2. The number of hydrogen-bond donors (Lipinski definition) is 1. The van der Waals surface area contributed by atoms with Gasteiger partial charge in [0, 0.05) is 42.9 Å². The van der Waals surface area contributed by atoms with E-state index in [0.29, 0.717) is 24.7 Å². The lowest BCUT2D eigenvalue weighted by Gasteiger charge is -2.32. The van der Waals surface area contributed by atoms with E-state index >= 15 is 0 Å². The average Bonchev–Trinajstić information content (AvgIpc) is 2.72. The zero-order valence-electron chi connectivity index (χ0n) is 17.8. The van der Waals surface area contributed by atoms with Crippen molar-refractivity contribution in [1.82, 2.24) is 15.2 Å². The fourth-order valence-electron chi connectivity index (χ4n) is 4.03. The Labute approximate surface area is 175 Å². The number of rotatable bonds is 4. The number of fused-ring (bicyclic) bond motifs is 1. The fourth-order valence-corrected chi connectivity index (χ4v) is 4.03. The van der Waals surface area contributed by atoms with E-state index in [4.69, 9.17) is 0 Å². The number of halogens is 2. The summed E-state index contributed by atoms with van der Waals surface area (Å²) in [5.41, 5.74) is 4.49. The number of piperidine rings is 1. The molecule has 1 N–H and O–H groups in total. The van der Waals surface area contributed by atoms with E-state index in [1.165, 1.54) is 16.7 Å². The van der Waals surface area contributed by atoms with Gasteiger partial charge in [0.05, 0.1) is 11.7 Å². The summed E-state index contributed by atoms with van der Waals surface area (Å²) in [7, 11) is 0. The summed E-state index contributed by atoms with van der Waals surface area (Å²) in [6.07, 6.45) is 1.49. The Morgan fingerprint density at radius 1 is 1.07 bits per heavy atom. The number of nitrogens with one attached hydrogen (secondary N) is 1. The first-order valence-corrected chi connectivity index (χ1v) is 10.3. The molecule has 0 spiro atoms. The maximum absolute atomic E-state index is 13.6. The number of benzene rings is 1. The highest BCUT2D eigenvalue weighted by Gasteiger charge is 2.34. The Kier molecular flexibility index (Phi) is 5.30. The van der Waals surface area contributed by atoms with Crippen molar-refractivity contribution in [2.24, 2.45) is 0 Å². The minimum absolute atomic E-state index is 0.0374. The molecule has 1 fully saturated rings. The number of hydrogen-bond acceptors (Lipinski definition) is 5. The van der Waals surface area contributed by atoms with Gasteiger partial charge < -0.3 is 10.2 Å². The number of nitrogens with zero attached hydrogens (tertiary/aromatic N) is 4. The highest BCUT2D eigenvalue weighted by atomic mass is 19.3. The van der Waals surface area contributed by atoms with Crippen LogP contribution in [0.2, 0.25) is 0 Å². The van der Waals surface area contributed by atoms with Gasteiger partial charge in [0.2, 0.25) is 0 Å². The minimum Gasteiger partial charge on any atom is -0.362 e. The summed E-state index contributed by atoms with van der Waals surface area (Å²) >= 11 is 0. The molecule has 2 aromatic heterocycles. The van der Waals surface area contributed by atoms with Crippen molar-refractivity contribution in [3.63, 3.8) is 0 Å². The SMILES string of the molecule is Cc1cccc([C@@H](C)Nc2nnc(C)c3cnc(N4CCC(F)(F)CC4)cc23)c1C. The topological polar surface area (TPSA) is 53.9 Å². The summed E-state index contributed by atoms with van der Waals surface area (Å²) in [5.74, 6) is -1.20. The summed E-state index contributed by atoms with van der Waals surface area (Å²) in [4.78, 5) is 6.45. The second-order valence-corrected chi connectivity index (χ2v) is 8.22. The van der Waals surface area contributed by atoms with Crippen LogP contribution >= 0.6 is 0 Å². The van der Waals surface area contributed by atoms with Gasteiger partial charge in [-0.2, -0.15) is 5.10 Å². The molecule has 1 aliphatic rings. The quantitative estimate of drug-likeness (QED) is 0.626. The van der Waals surface area contributed by atoms with Crippen molar-refractivity contribution in [2.45, 2.75) is 52.5 Å². The molecular formula is C23H27F2N5. The molecule has 0 aliphatic carbocycles. The Balaban J connectivity index is 1.68. The van der Waals surface area contributed by atoms with Crippen LogP contribution in [-0.2, 0) is 0 Å². The van der Waals surface area contributed by atoms with E-state index in [1.807, 2.05) is 17.9 Å². The third-order valence-electron chi connectivity index (χ3n) is 6.12. The normalized spacial score (nSPS) is 17.2. The van der Waals surface area contributed by atoms with E-state index in [-0.39, 0.29) is 18.9 Å². The van der Waals surface area contributed by atoms with Gasteiger partial charge in [0.15, 0.2) is 5.82 Å². The standard InChI is InChI=1S/C23H27F2N5/c1-14-6-5-7-18(15(14)2)16(3)27-22-19-12-21(26-13-20(19)17(4)28-29-22)30-10-8-23(24,25)9-11-30/h5-7,12-13,16H,8-11H2,1-4H3,(H,27,29)/t16-/m1/s1. The second-order valence-electron chi connectivity index (χ2n) is 8.22. The van der Waals surface area contributed by atoms with E-state index in [0.717, 1.165) is 16.5 Å². The van der Waals surface area contributed by atoms with Crippen LogP contribution < -0.4 is 10.2 Å². The van der Waals surface area contributed by atoms with Crippen molar-refractivity contribution >= 4 is 22.4 Å². The number of aryl methyl sites for hydroxylation is 2. The Bertz CT molecular complexity index is 1070. The molecule has 3 aromatic rings. The molecule has 30 heavy (non-hydrogen) atoms. The lowest BCUT2D eigenvalue weighted by atomic mass is 9.98. The summed E-state index contributed by atoms with van der Waals surface area (Å²) in [5, 5.41) is 14.0. The van der Waals surface area contributed by atoms with Crippen molar-refractivity contribution < 1.29 is 8.78 Å². The monoisotopic (exact) mass is 411 g/mol. The van der Waals surface area contributed by atoms with Crippen molar-refractivity contribution in [3.8, 4) is 0 Å². The van der Waals surface area contributed by atoms with Crippen LogP contribution in [0.4, 0.5) is 20.4 Å². The maximum Gasteiger partial charge on any atom is 0.251 e. The summed E-state index contributed by atoms with van der Waals surface area (Å²) in [6, 6.07) is 8.26. The Hall–Kier alpha value is -2.83. The second kappa shape index (κ2) is 7.78. The van der Waals surface area contributed by atoms with Gasteiger partial charge in [-0.3, -0.25) is 0 Å². The van der Waals surface area contributed by atoms with Crippen molar-refractivity contribution in [1.29, 1.82) is 0 Å². The van der Waals surface area contributed by atoms with Crippen molar-refractivity contribution in [2.75, 3.05) is 23.3 Å².